The predicted octanol–water partition coefficient (Wildman–Crippen LogP) is 1.78. The third kappa shape index (κ3) is 2.69. The van der Waals surface area contributed by atoms with E-state index in [1.165, 1.54) is 19.4 Å². The fourth-order valence-electron chi connectivity index (χ4n) is 2.28. The van der Waals surface area contributed by atoms with Crippen LogP contribution in [0.15, 0.2) is 18.3 Å². The third-order valence-corrected chi connectivity index (χ3v) is 3.25. The topological polar surface area (TPSA) is 62.7 Å². The van der Waals surface area contributed by atoms with Crippen LogP contribution < -0.4 is 4.90 Å². The molecule has 20 heavy (non-hydrogen) atoms. The second kappa shape index (κ2) is 5.28. The van der Waals surface area contributed by atoms with E-state index in [4.69, 9.17) is 9.84 Å². The minimum Gasteiger partial charge on any atom is -0.480 e. The summed E-state index contributed by atoms with van der Waals surface area (Å²) in [6.45, 7) is 0.0631. The van der Waals surface area contributed by atoms with Crippen molar-refractivity contribution in [2.24, 2.45) is 0 Å². The van der Waals surface area contributed by atoms with Gasteiger partial charge in [0.05, 0.1) is 11.7 Å². The van der Waals surface area contributed by atoms with E-state index in [9.17, 15) is 18.0 Å². The number of hydrogen-bond donors (Lipinski definition) is 1. The van der Waals surface area contributed by atoms with E-state index in [2.05, 4.69) is 4.98 Å². The second-order valence-corrected chi connectivity index (χ2v) is 4.47. The highest BCUT2D eigenvalue weighted by molar-refractivity contribution is 5.79. The lowest BCUT2D eigenvalue weighted by Crippen LogP contribution is -2.37. The highest BCUT2D eigenvalue weighted by atomic mass is 19.4. The SMILES string of the molecule is COC1CC(C(=O)O)N(c2ncccc2C(F)(F)F)C1. The Kier molecular flexibility index (Phi) is 3.85. The summed E-state index contributed by atoms with van der Waals surface area (Å²) in [6.07, 6.45) is -3.68. The van der Waals surface area contributed by atoms with Crippen molar-refractivity contribution < 1.29 is 27.8 Å². The first kappa shape index (κ1) is 14.6. The van der Waals surface area contributed by atoms with Gasteiger partial charge < -0.3 is 14.7 Å². The molecular weight excluding hydrogens is 277 g/mol. The standard InChI is InChI=1S/C12H13F3N2O3/c1-20-7-5-9(11(18)19)17(6-7)10-8(12(13,14)15)3-2-4-16-10/h2-4,7,9H,5-6H2,1H3,(H,18,19). The molecule has 0 aliphatic carbocycles. The molecule has 0 amide bonds. The van der Waals surface area contributed by atoms with Gasteiger partial charge in [-0.2, -0.15) is 13.2 Å². The Labute approximate surface area is 113 Å². The Morgan fingerprint density at radius 2 is 2.25 bits per heavy atom. The number of aromatic nitrogens is 1. The molecule has 2 heterocycles. The minimum absolute atomic E-state index is 0.0631. The van der Waals surface area contributed by atoms with Gasteiger partial charge in [0.2, 0.25) is 0 Å². The molecule has 2 rings (SSSR count). The van der Waals surface area contributed by atoms with Crippen molar-refractivity contribution in [1.82, 2.24) is 4.98 Å². The van der Waals surface area contributed by atoms with Crippen molar-refractivity contribution in [2.75, 3.05) is 18.6 Å². The van der Waals surface area contributed by atoms with Crippen LogP contribution in [0.3, 0.4) is 0 Å². The molecule has 8 heteroatoms. The Balaban J connectivity index is 2.42. The number of alkyl halides is 3. The number of aliphatic carboxylic acids is 1. The number of nitrogens with zero attached hydrogens (tertiary/aromatic N) is 2. The molecule has 2 unspecified atom stereocenters. The van der Waals surface area contributed by atoms with E-state index in [-0.39, 0.29) is 18.8 Å². The Morgan fingerprint density at radius 1 is 1.55 bits per heavy atom. The molecule has 1 saturated heterocycles. The first-order valence-corrected chi connectivity index (χ1v) is 5.89. The largest absolute Gasteiger partial charge is 0.480 e. The van der Waals surface area contributed by atoms with E-state index in [1.807, 2.05) is 0 Å². The smallest absolute Gasteiger partial charge is 0.419 e. The quantitative estimate of drug-likeness (QED) is 0.919. The van der Waals surface area contributed by atoms with E-state index in [0.29, 0.717) is 0 Å². The van der Waals surface area contributed by atoms with Crippen molar-refractivity contribution in [3.63, 3.8) is 0 Å². The van der Waals surface area contributed by atoms with Gasteiger partial charge in [-0.3, -0.25) is 0 Å². The second-order valence-electron chi connectivity index (χ2n) is 4.47. The highest BCUT2D eigenvalue weighted by Gasteiger charge is 2.42. The third-order valence-electron chi connectivity index (χ3n) is 3.25. The molecule has 1 aliphatic rings. The van der Waals surface area contributed by atoms with Crippen LogP contribution in [0.2, 0.25) is 0 Å². The number of halogens is 3. The molecule has 5 nitrogen and oxygen atoms in total. The average molecular weight is 290 g/mol. The normalized spacial score (nSPS) is 23.1. The number of carboxylic acid groups (broad SMARTS) is 1. The van der Waals surface area contributed by atoms with Crippen LogP contribution in [0.1, 0.15) is 12.0 Å². The van der Waals surface area contributed by atoms with Crippen LogP contribution in [0, 0.1) is 0 Å². The van der Waals surface area contributed by atoms with Gasteiger partial charge in [0, 0.05) is 26.3 Å². The minimum atomic E-state index is -4.59. The Hall–Kier alpha value is -1.83. The van der Waals surface area contributed by atoms with Gasteiger partial charge in [-0.05, 0) is 12.1 Å². The van der Waals surface area contributed by atoms with E-state index < -0.39 is 29.9 Å². The zero-order valence-electron chi connectivity index (χ0n) is 10.6. The molecule has 1 aromatic heterocycles. The Bertz CT molecular complexity index is 507. The molecule has 1 aromatic rings. The summed E-state index contributed by atoms with van der Waals surface area (Å²) in [7, 11) is 1.40. The van der Waals surface area contributed by atoms with Crippen molar-refractivity contribution in [2.45, 2.75) is 24.7 Å². The monoisotopic (exact) mass is 290 g/mol. The highest BCUT2D eigenvalue weighted by Crippen LogP contribution is 2.37. The molecule has 1 N–H and O–H groups in total. The Morgan fingerprint density at radius 3 is 2.80 bits per heavy atom. The molecule has 1 fully saturated rings. The van der Waals surface area contributed by atoms with Crippen LogP contribution in [-0.4, -0.2) is 41.9 Å². The zero-order chi connectivity index (χ0) is 14.9. The molecule has 0 spiro atoms. The van der Waals surface area contributed by atoms with Crippen molar-refractivity contribution in [3.8, 4) is 0 Å². The molecule has 0 aromatic carbocycles. The molecule has 0 radical (unpaired) electrons. The number of hydrogen-bond acceptors (Lipinski definition) is 4. The van der Waals surface area contributed by atoms with Gasteiger partial charge in [-0.25, -0.2) is 9.78 Å². The lowest BCUT2D eigenvalue weighted by molar-refractivity contribution is -0.140. The van der Waals surface area contributed by atoms with Gasteiger partial charge in [-0.15, -0.1) is 0 Å². The van der Waals surface area contributed by atoms with Crippen molar-refractivity contribution in [1.29, 1.82) is 0 Å². The van der Waals surface area contributed by atoms with E-state index >= 15 is 0 Å². The number of carboxylic acids is 1. The van der Waals surface area contributed by atoms with Crippen molar-refractivity contribution >= 4 is 11.8 Å². The van der Waals surface area contributed by atoms with Gasteiger partial charge in [0.1, 0.15) is 11.9 Å². The molecule has 0 saturated carbocycles. The first-order chi connectivity index (χ1) is 9.34. The number of methoxy groups -OCH3 is 1. The maximum Gasteiger partial charge on any atom is 0.419 e. The van der Waals surface area contributed by atoms with Crippen LogP contribution in [0.5, 0.6) is 0 Å². The maximum atomic E-state index is 13.0. The van der Waals surface area contributed by atoms with Gasteiger partial charge in [0.25, 0.3) is 0 Å². The summed E-state index contributed by atoms with van der Waals surface area (Å²) in [5, 5.41) is 9.15. The maximum absolute atomic E-state index is 13.0. The fraction of sp³-hybridized carbons (Fsp3) is 0.500. The number of rotatable bonds is 3. The predicted molar refractivity (Wildman–Crippen MR) is 63.4 cm³/mol. The summed E-state index contributed by atoms with van der Waals surface area (Å²) < 4.78 is 43.9. The molecule has 1 aliphatic heterocycles. The summed E-state index contributed by atoms with van der Waals surface area (Å²) in [6, 6.07) is 0.990. The molecule has 110 valence electrons. The summed E-state index contributed by atoms with van der Waals surface area (Å²) in [4.78, 5) is 16.1. The van der Waals surface area contributed by atoms with Gasteiger partial charge in [0.15, 0.2) is 0 Å². The summed E-state index contributed by atoms with van der Waals surface area (Å²) in [5.74, 6) is -1.56. The molecule has 2 atom stereocenters. The van der Waals surface area contributed by atoms with Crippen LogP contribution in [0.25, 0.3) is 0 Å². The lowest BCUT2D eigenvalue weighted by Gasteiger charge is -2.25. The van der Waals surface area contributed by atoms with Gasteiger partial charge >= 0.3 is 12.1 Å². The summed E-state index contributed by atoms with van der Waals surface area (Å²) in [5.41, 5.74) is -0.942. The number of carbonyl (C=O) groups is 1. The lowest BCUT2D eigenvalue weighted by atomic mass is 10.2. The zero-order valence-corrected chi connectivity index (χ0v) is 10.6. The van der Waals surface area contributed by atoms with Crippen molar-refractivity contribution in [3.05, 3.63) is 23.9 Å². The fourth-order valence-corrected chi connectivity index (χ4v) is 2.28. The van der Waals surface area contributed by atoms with Gasteiger partial charge in [-0.1, -0.05) is 0 Å². The number of pyridine rings is 1. The van der Waals surface area contributed by atoms with Crippen LogP contribution in [0.4, 0.5) is 19.0 Å². The molecule has 0 bridgehead atoms. The van der Waals surface area contributed by atoms with Crippen LogP contribution in [-0.2, 0) is 15.7 Å². The summed E-state index contributed by atoms with van der Waals surface area (Å²) >= 11 is 0. The number of ether oxygens (including phenoxy) is 1. The van der Waals surface area contributed by atoms with E-state index in [1.54, 1.807) is 0 Å². The average Bonchev–Trinajstić information content (AvgIpc) is 2.82. The number of anilines is 1. The van der Waals surface area contributed by atoms with Crippen LogP contribution >= 0.6 is 0 Å². The first-order valence-electron chi connectivity index (χ1n) is 5.89. The van der Waals surface area contributed by atoms with E-state index in [0.717, 1.165) is 11.0 Å². The molecular formula is C12H13F3N2O3.